The molecular weight excluding hydrogens is 354 g/mol. The predicted molar refractivity (Wildman–Crippen MR) is 78.8 cm³/mol. The summed E-state index contributed by atoms with van der Waals surface area (Å²) in [7, 11) is -3.61. The second-order valence-electron chi connectivity index (χ2n) is 4.53. The first-order valence-electron chi connectivity index (χ1n) is 5.74. The third kappa shape index (κ3) is 4.80. The monoisotopic (exact) mass is 371 g/mol. The Morgan fingerprint density at radius 3 is 2.63 bits per heavy atom. The minimum absolute atomic E-state index is 0.147. The fourth-order valence-electron chi connectivity index (χ4n) is 1.45. The van der Waals surface area contributed by atoms with E-state index in [1.54, 1.807) is 0 Å². The lowest BCUT2D eigenvalue weighted by atomic mass is 10.1. The Labute approximate surface area is 126 Å². The molecule has 0 aliphatic heterocycles. The summed E-state index contributed by atoms with van der Waals surface area (Å²) in [5.41, 5.74) is -0.565. The molecule has 8 heteroatoms. The van der Waals surface area contributed by atoms with Gasteiger partial charge in [0.1, 0.15) is 4.90 Å². The number of sulfonamides is 1. The van der Waals surface area contributed by atoms with E-state index in [1.165, 1.54) is 17.4 Å². The molecule has 1 aromatic heterocycles. The Morgan fingerprint density at radius 2 is 2.16 bits per heavy atom. The molecule has 0 unspecified atom stereocenters. The van der Waals surface area contributed by atoms with Gasteiger partial charge in [-0.1, -0.05) is 0 Å². The third-order valence-corrected chi connectivity index (χ3v) is 6.01. The van der Waals surface area contributed by atoms with Crippen LogP contribution in [0.4, 0.5) is 0 Å². The molecule has 0 saturated carbocycles. The number of hydrogen-bond acceptors (Lipinski definition) is 5. The first-order chi connectivity index (χ1) is 8.72. The lowest BCUT2D eigenvalue weighted by molar-refractivity contribution is -0.00515. The van der Waals surface area contributed by atoms with Gasteiger partial charge in [-0.3, -0.25) is 0 Å². The van der Waals surface area contributed by atoms with Gasteiger partial charge < -0.3 is 9.84 Å². The minimum atomic E-state index is -3.61. The van der Waals surface area contributed by atoms with E-state index in [0.717, 1.165) is 0 Å². The van der Waals surface area contributed by atoms with Crippen molar-refractivity contribution in [3.63, 3.8) is 0 Å². The second kappa shape index (κ2) is 6.64. The topological polar surface area (TPSA) is 75.6 Å². The molecular formula is C11H18BrNO4S2. The number of aliphatic hydroxyl groups is 1. The van der Waals surface area contributed by atoms with Gasteiger partial charge in [0.25, 0.3) is 0 Å². The zero-order chi connectivity index (χ0) is 14.7. The van der Waals surface area contributed by atoms with Crippen molar-refractivity contribution in [1.29, 1.82) is 0 Å². The van der Waals surface area contributed by atoms with Crippen LogP contribution in [0.1, 0.15) is 25.6 Å². The highest BCUT2D eigenvalue weighted by Gasteiger charge is 2.25. The van der Waals surface area contributed by atoms with E-state index in [1.807, 2.05) is 20.8 Å². The molecule has 0 amide bonds. The molecule has 1 heterocycles. The summed E-state index contributed by atoms with van der Waals surface area (Å²) in [6.45, 7) is 6.02. The van der Waals surface area contributed by atoms with E-state index in [0.29, 0.717) is 15.3 Å². The number of ether oxygens (including phenoxy) is 1. The Balaban J connectivity index is 2.84. The molecule has 5 nitrogen and oxygen atoms in total. The molecule has 0 bridgehead atoms. The van der Waals surface area contributed by atoms with Crippen LogP contribution in [0.2, 0.25) is 0 Å². The van der Waals surface area contributed by atoms with E-state index in [9.17, 15) is 8.42 Å². The highest BCUT2D eigenvalue weighted by molar-refractivity contribution is 9.11. The number of aliphatic hydroxyl groups excluding tert-OH is 1. The molecule has 0 aliphatic rings. The quantitative estimate of drug-likeness (QED) is 0.769. The van der Waals surface area contributed by atoms with Gasteiger partial charge in [-0.2, -0.15) is 0 Å². The van der Waals surface area contributed by atoms with Gasteiger partial charge in [0.2, 0.25) is 10.0 Å². The zero-order valence-corrected chi connectivity index (χ0v) is 14.3. The summed E-state index contributed by atoms with van der Waals surface area (Å²) in [5, 5.41) is 9.02. The molecule has 1 rings (SSSR count). The largest absolute Gasteiger partial charge is 0.391 e. The van der Waals surface area contributed by atoms with E-state index in [-0.39, 0.29) is 18.0 Å². The Kier molecular flexibility index (Phi) is 5.96. The molecule has 0 fully saturated rings. The lowest BCUT2D eigenvalue weighted by Crippen LogP contribution is -2.40. The molecule has 0 atom stereocenters. The van der Waals surface area contributed by atoms with Gasteiger partial charge in [-0.25, -0.2) is 13.1 Å². The van der Waals surface area contributed by atoms with Gasteiger partial charge in [-0.15, -0.1) is 11.3 Å². The summed E-state index contributed by atoms with van der Waals surface area (Å²) in [6.07, 6.45) is 0. The first kappa shape index (κ1) is 17.1. The van der Waals surface area contributed by atoms with Gasteiger partial charge in [0, 0.05) is 18.0 Å². The van der Waals surface area contributed by atoms with Crippen molar-refractivity contribution in [2.24, 2.45) is 0 Å². The van der Waals surface area contributed by atoms with E-state index >= 15 is 0 Å². The van der Waals surface area contributed by atoms with Gasteiger partial charge in [-0.05, 0) is 42.8 Å². The fourth-order valence-corrected chi connectivity index (χ4v) is 5.19. The maximum Gasteiger partial charge on any atom is 0.242 e. The van der Waals surface area contributed by atoms with Crippen molar-refractivity contribution in [1.82, 2.24) is 4.72 Å². The minimum Gasteiger partial charge on any atom is -0.391 e. The van der Waals surface area contributed by atoms with E-state index in [2.05, 4.69) is 20.7 Å². The summed E-state index contributed by atoms with van der Waals surface area (Å²) in [4.78, 5) is 0.741. The SMILES string of the molecule is CCOC(C)(C)CNS(=O)(=O)c1cc(CO)sc1Br. The van der Waals surface area contributed by atoms with Crippen molar-refractivity contribution < 1.29 is 18.3 Å². The third-order valence-electron chi connectivity index (χ3n) is 2.37. The van der Waals surface area contributed by atoms with Crippen molar-refractivity contribution in [3.05, 3.63) is 14.7 Å². The van der Waals surface area contributed by atoms with Gasteiger partial charge in [0.05, 0.1) is 16.0 Å². The van der Waals surface area contributed by atoms with Crippen LogP contribution in [0.3, 0.4) is 0 Å². The Hall–Kier alpha value is 0.01000. The second-order valence-corrected chi connectivity index (χ2v) is 8.72. The molecule has 110 valence electrons. The molecule has 0 aliphatic carbocycles. The molecule has 0 radical (unpaired) electrons. The van der Waals surface area contributed by atoms with Crippen molar-refractivity contribution in [2.75, 3.05) is 13.2 Å². The Morgan fingerprint density at radius 1 is 1.53 bits per heavy atom. The maximum absolute atomic E-state index is 12.2. The standard InChI is InChI=1S/C11H18BrNO4S2/c1-4-17-11(2,3)7-13-19(15,16)9-5-8(6-14)18-10(9)12/h5,13-14H,4,6-7H2,1-3H3. The molecule has 19 heavy (non-hydrogen) atoms. The smallest absolute Gasteiger partial charge is 0.242 e. The number of hydrogen-bond donors (Lipinski definition) is 2. The van der Waals surface area contributed by atoms with Crippen LogP contribution in [0.25, 0.3) is 0 Å². The highest BCUT2D eigenvalue weighted by Crippen LogP contribution is 2.31. The molecule has 1 aromatic rings. The normalized spacial score (nSPS) is 12.9. The zero-order valence-electron chi connectivity index (χ0n) is 11.1. The van der Waals surface area contributed by atoms with Crippen LogP contribution in [-0.2, 0) is 21.4 Å². The molecule has 0 spiro atoms. The summed E-state index contributed by atoms with van der Waals surface area (Å²) in [6, 6.07) is 1.46. The maximum atomic E-state index is 12.2. The predicted octanol–water partition coefficient (Wildman–Crippen LogP) is 2.10. The van der Waals surface area contributed by atoms with E-state index in [4.69, 9.17) is 9.84 Å². The number of rotatable bonds is 7. The average Bonchev–Trinajstić information content (AvgIpc) is 2.69. The molecule has 0 saturated heterocycles. The molecule has 0 aromatic carbocycles. The summed E-state index contributed by atoms with van der Waals surface area (Å²) >= 11 is 4.40. The Bertz CT molecular complexity index is 525. The van der Waals surface area contributed by atoms with Crippen LogP contribution in [0.5, 0.6) is 0 Å². The molecule has 2 N–H and O–H groups in total. The number of nitrogens with one attached hydrogen (secondary N) is 1. The average molecular weight is 372 g/mol. The van der Waals surface area contributed by atoms with Crippen LogP contribution >= 0.6 is 27.3 Å². The first-order valence-corrected chi connectivity index (χ1v) is 8.84. The van der Waals surface area contributed by atoms with Crippen LogP contribution in [0, 0.1) is 0 Å². The van der Waals surface area contributed by atoms with Crippen molar-refractivity contribution >= 4 is 37.3 Å². The summed E-state index contributed by atoms with van der Waals surface area (Å²) in [5.74, 6) is 0. The van der Waals surface area contributed by atoms with Crippen molar-refractivity contribution in [3.8, 4) is 0 Å². The van der Waals surface area contributed by atoms with Crippen LogP contribution in [-0.4, -0.2) is 32.3 Å². The van der Waals surface area contributed by atoms with Crippen molar-refractivity contribution in [2.45, 2.75) is 37.9 Å². The van der Waals surface area contributed by atoms with Crippen LogP contribution < -0.4 is 4.72 Å². The lowest BCUT2D eigenvalue weighted by Gasteiger charge is -2.24. The summed E-state index contributed by atoms with van der Waals surface area (Å²) < 4.78 is 32.8. The number of halogens is 1. The fraction of sp³-hybridized carbons (Fsp3) is 0.636. The van der Waals surface area contributed by atoms with E-state index < -0.39 is 15.6 Å². The van der Waals surface area contributed by atoms with Crippen LogP contribution in [0.15, 0.2) is 14.7 Å². The highest BCUT2D eigenvalue weighted by atomic mass is 79.9. The van der Waals surface area contributed by atoms with Gasteiger partial charge >= 0.3 is 0 Å². The number of thiophene rings is 1. The van der Waals surface area contributed by atoms with Gasteiger partial charge in [0.15, 0.2) is 0 Å².